The highest BCUT2D eigenvalue weighted by Crippen LogP contribution is 2.28. The van der Waals surface area contributed by atoms with Crippen molar-refractivity contribution in [3.63, 3.8) is 0 Å². The molecule has 4 rings (SSSR count). The van der Waals surface area contributed by atoms with Gasteiger partial charge in [-0.1, -0.05) is 35.9 Å². The Morgan fingerprint density at radius 3 is 2.47 bits per heavy atom. The Balaban J connectivity index is 1.20. The summed E-state index contributed by atoms with van der Waals surface area (Å²) in [6.07, 6.45) is 7.09. The van der Waals surface area contributed by atoms with Crippen LogP contribution in [0.5, 0.6) is 0 Å². The van der Waals surface area contributed by atoms with Crippen molar-refractivity contribution in [3.8, 4) is 0 Å². The van der Waals surface area contributed by atoms with Crippen molar-refractivity contribution in [1.82, 2.24) is 15.3 Å². The van der Waals surface area contributed by atoms with Gasteiger partial charge >= 0.3 is 0 Å². The molecule has 170 valence electrons. The molecule has 0 spiro atoms. The van der Waals surface area contributed by atoms with Crippen molar-refractivity contribution in [2.45, 2.75) is 44.6 Å². The number of halogens is 1. The number of anilines is 2. The zero-order valence-electron chi connectivity index (χ0n) is 19.1. The fraction of sp³-hybridized carbons (Fsp3) is 0.462. The van der Waals surface area contributed by atoms with E-state index in [1.807, 2.05) is 38.4 Å². The van der Waals surface area contributed by atoms with Crippen LogP contribution in [0.25, 0.3) is 10.9 Å². The predicted octanol–water partition coefficient (Wildman–Crippen LogP) is 5.54. The third-order valence-corrected chi connectivity index (χ3v) is 6.60. The molecule has 0 saturated heterocycles. The molecule has 0 radical (unpaired) electrons. The topological polar surface area (TPSA) is 53.1 Å². The van der Waals surface area contributed by atoms with Crippen LogP contribution in [0.4, 0.5) is 11.8 Å². The molecule has 0 unspecified atom stereocenters. The van der Waals surface area contributed by atoms with Crippen LogP contribution in [-0.4, -0.2) is 43.2 Å². The van der Waals surface area contributed by atoms with E-state index in [0.717, 1.165) is 59.5 Å². The van der Waals surface area contributed by atoms with Gasteiger partial charge in [0.2, 0.25) is 5.95 Å². The summed E-state index contributed by atoms with van der Waals surface area (Å²) in [6.45, 7) is 2.18. The molecule has 0 amide bonds. The molecular formula is C26H34ClN5. The van der Waals surface area contributed by atoms with Gasteiger partial charge in [-0.25, -0.2) is 4.98 Å². The number of hydrogen-bond donors (Lipinski definition) is 2. The molecule has 0 atom stereocenters. The molecule has 1 saturated carbocycles. The van der Waals surface area contributed by atoms with Gasteiger partial charge in [0.1, 0.15) is 5.82 Å². The first-order valence-electron chi connectivity index (χ1n) is 11.7. The Morgan fingerprint density at radius 2 is 1.72 bits per heavy atom. The standard InChI is InChI=1S/C26H34ClN5/c1-32(2)25-23-7-3-4-8-24(23)30-26(31-25)29-22-15-11-20(12-16-22)18-28-17-5-6-19-9-13-21(27)14-10-19/h3-4,7-10,13-14,20,22,28H,5-6,11-12,15-18H2,1-2H3,(H,29,30,31). The van der Waals surface area contributed by atoms with Crippen LogP contribution in [-0.2, 0) is 6.42 Å². The zero-order valence-corrected chi connectivity index (χ0v) is 19.9. The van der Waals surface area contributed by atoms with Crippen LogP contribution >= 0.6 is 11.6 Å². The maximum absolute atomic E-state index is 5.95. The number of benzene rings is 2. The highest BCUT2D eigenvalue weighted by atomic mass is 35.5. The second-order valence-corrected chi connectivity index (χ2v) is 9.51. The number of fused-ring (bicyclic) bond motifs is 1. The molecule has 5 nitrogen and oxygen atoms in total. The smallest absolute Gasteiger partial charge is 0.225 e. The number of nitrogens with zero attached hydrogens (tertiary/aromatic N) is 3. The summed E-state index contributed by atoms with van der Waals surface area (Å²) >= 11 is 5.95. The van der Waals surface area contributed by atoms with E-state index in [2.05, 4.69) is 39.8 Å². The van der Waals surface area contributed by atoms with Crippen LogP contribution in [0.15, 0.2) is 48.5 Å². The van der Waals surface area contributed by atoms with E-state index in [0.29, 0.717) is 6.04 Å². The van der Waals surface area contributed by atoms with Gasteiger partial charge in [-0.3, -0.25) is 0 Å². The number of aryl methyl sites for hydroxylation is 1. The molecule has 0 bridgehead atoms. The van der Waals surface area contributed by atoms with Gasteiger partial charge < -0.3 is 15.5 Å². The van der Waals surface area contributed by atoms with Crippen molar-refractivity contribution in [2.75, 3.05) is 37.4 Å². The summed E-state index contributed by atoms with van der Waals surface area (Å²) in [5, 5.41) is 9.17. The normalized spacial score (nSPS) is 18.6. The van der Waals surface area contributed by atoms with E-state index < -0.39 is 0 Å². The zero-order chi connectivity index (χ0) is 22.3. The Hall–Kier alpha value is -2.37. The Labute approximate surface area is 196 Å². The van der Waals surface area contributed by atoms with Crippen LogP contribution in [0.1, 0.15) is 37.7 Å². The van der Waals surface area contributed by atoms with Crippen molar-refractivity contribution in [1.29, 1.82) is 0 Å². The largest absolute Gasteiger partial charge is 0.362 e. The van der Waals surface area contributed by atoms with Crippen molar-refractivity contribution in [3.05, 3.63) is 59.1 Å². The van der Waals surface area contributed by atoms with Gasteiger partial charge in [-0.05, 0) is 87.4 Å². The van der Waals surface area contributed by atoms with Crippen LogP contribution in [0.2, 0.25) is 5.02 Å². The molecule has 2 N–H and O–H groups in total. The SMILES string of the molecule is CN(C)c1nc(NC2CCC(CNCCCc3ccc(Cl)cc3)CC2)nc2ccccc12. The number of hydrogen-bond acceptors (Lipinski definition) is 5. The average molecular weight is 452 g/mol. The molecule has 1 aliphatic carbocycles. The second kappa shape index (κ2) is 11.0. The van der Waals surface area contributed by atoms with Gasteiger partial charge in [0.05, 0.1) is 5.52 Å². The fourth-order valence-electron chi connectivity index (χ4n) is 4.53. The van der Waals surface area contributed by atoms with Gasteiger partial charge in [-0.15, -0.1) is 0 Å². The lowest BCUT2D eigenvalue weighted by molar-refractivity contribution is 0.324. The number of rotatable bonds is 9. The molecule has 3 aromatic rings. The Bertz CT molecular complexity index is 997. The van der Waals surface area contributed by atoms with Crippen molar-refractivity contribution in [2.24, 2.45) is 5.92 Å². The maximum atomic E-state index is 5.95. The number of nitrogens with one attached hydrogen (secondary N) is 2. The lowest BCUT2D eigenvalue weighted by atomic mass is 9.86. The highest BCUT2D eigenvalue weighted by Gasteiger charge is 2.22. The first kappa shape index (κ1) is 22.8. The second-order valence-electron chi connectivity index (χ2n) is 9.08. The van der Waals surface area contributed by atoms with Crippen molar-refractivity contribution >= 4 is 34.3 Å². The quantitative estimate of drug-likeness (QED) is 0.418. The van der Waals surface area contributed by atoms with Crippen molar-refractivity contribution < 1.29 is 0 Å². The maximum Gasteiger partial charge on any atom is 0.225 e. The minimum atomic E-state index is 0.451. The van der Waals surface area contributed by atoms with E-state index in [4.69, 9.17) is 21.6 Å². The summed E-state index contributed by atoms with van der Waals surface area (Å²) < 4.78 is 0. The van der Waals surface area contributed by atoms with Crippen LogP contribution in [0, 0.1) is 5.92 Å². The van der Waals surface area contributed by atoms with Gasteiger partial charge in [0.25, 0.3) is 0 Å². The van der Waals surface area contributed by atoms with Gasteiger partial charge in [0, 0.05) is 30.5 Å². The minimum Gasteiger partial charge on any atom is -0.362 e. The van der Waals surface area contributed by atoms with E-state index in [9.17, 15) is 0 Å². The predicted molar refractivity (Wildman–Crippen MR) is 136 cm³/mol. The molecule has 0 aliphatic heterocycles. The van der Waals surface area contributed by atoms with E-state index in [-0.39, 0.29) is 0 Å². The molecule has 1 heterocycles. The Morgan fingerprint density at radius 1 is 0.969 bits per heavy atom. The number of aromatic nitrogens is 2. The monoisotopic (exact) mass is 451 g/mol. The summed E-state index contributed by atoms with van der Waals surface area (Å²) in [4.78, 5) is 11.6. The molecule has 32 heavy (non-hydrogen) atoms. The third-order valence-electron chi connectivity index (χ3n) is 6.35. The third kappa shape index (κ3) is 6.11. The molecule has 1 aliphatic rings. The summed E-state index contributed by atoms with van der Waals surface area (Å²) in [6, 6.07) is 16.9. The molecule has 1 fully saturated rings. The highest BCUT2D eigenvalue weighted by molar-refractivity contribution is 6.30. The van der Waals surface area contributed by atoms with Crippen LogP contribution in [0.3, 0.4) is 0 Å². The summed E-state index contributed by atoms with van der Waals surface area (Å²) in [7, 11) is 4.07. The van der Waals surface area contributed by atoms with Gasteiger partial charge in [-0.2, -0.15) is 4.98 Å². The lowest BCUT2D eigenvalue weighted by Crippen LogP contribution is -2.32. The molecule has 1 aromatic heterocycles. The lowest BCUT2D eigenvalue weighted by Gasteiger charge is -2.29. The first-order chi connectivity index (χ1) is 15.6. The average Bonchev–Trinajstić information content (AvgIpc) is 2.80. The minimum absolute atomic E-state index is 0.451. The van der Waals surface area contributed by atoms with E-state index in [1.54, 1.807) is 0 Å². The summed E-state index contributed by atoms with van der Waals surface area (Å²) in [5.74, 6) is 2.48. The van der Waals surface area contributed by atoms with Crippen LogP contribution < -0.4 is 15.5 Å². The molecule has 6 heteroatoms. The van der Waals surface area contributed by atoms with Gasteiger partial charge in [0.15, 0.2) is 0 Å². The number of para-hydroxylation sites is 1. The molecule has 2 aromatic carbocycles. The van der Waals surface area contributed by atoms with E-state index >= 15 is 0 Å². The fourth-order valence-corrected chi connectivity index (χ4v) is 4.66. The molecular weight excluding hydrogens is 418 g/mol. The summed E-state index contributed by atoms with van der Waals surface area (Å²) in [5.41, 5.74) is 2.35. The Kier molecular flexibility index (Phi) is 7.82. The first-order valence-corrected chi connectivity index (χ1v) is 12.1. The van der Waals surface area contributed by atoms with E-state index in [1.165, 1.54) is 31.2 Å².